The number of sulfonamides is 1. The van der Waals surface area contributed by atoms with Crippen molar-refractivity contribution in [2.24, 2.45) is 0 Å². The number of benzene rings is 1. The summed E-state index contributed by atoms with van der Waals surface area (Å²) in [6.45, 7) is 0.380. The molecule has 0 aliphatic carbocycles. The molecular formula is C14H16N4O4S. The summed E-state index contributed by atoms with van der Waals surface area (Å²) in [5.41, 5.74) is 6.93. The number of nitrogen functional groups attached to an aromatic ring is 1. The summed E-state index contributed by atoms with van der Waals surface area (Å²) in [4.78, 5) is 8.12. The van der Waals surface area contributed by atoms with E-state index in [-0.39, 0.29) is 23.9 Å². The fourth-order valence-electron chi connectivity index (χ4n) is 2.44. The number of fused-ring (bicyclic) bond motifs is 1. The number of hydrogen-bond acceptors (Lipinski definition) is 7. The average Bonchev–Trinajstić information content (AvgIpc) is 2.97. The van der Waals surface area contributed by atoms with Gasteiger partial charge in [-0.2, -0.15) is 4.31 Å². The Morgan fingerprint density at radius 2 is 1.91 bits per heavy atom. The van der Waals surface area contributed by atoms with Gasteiger partial charge in [0.2, 0.25) is 16.0 Å². The largest absolute Gasteiger partial charge is 0.493 e. The van der Waals surface area contributed by atoms with Gasteiger partial charge in [0.15, 0.2) is 11.5 Å². The second kappa shape index (κ2) is 5.67. The van der Waals surface area contributed by atoms with E-state index in [0.717, 1.165) is 5.56 Å². The van der Waals surface area contributed by atoms with Crippen molar-refractivity contribution in [1.29, 1.82) is 0 Å². The fraction of sp³-hybridized carbons (Fsp3) is 0.286. The fourth-order valence-corrected chi connectivity index (χ4v) is 3.83. The summed E-state index contributed by atoms with van der Waals surface area (Å²) >= 11 is 0. The molecule has 1 aromatic carbocycles. The topological polar surface area (TPSA) is 108 Å². The molecule has 0 saturated carbocycles. The number of rotatable bonds is 4. The third-order valence-electron chi connectivity index (χ3n) is 3.64. The minimum Gasteiger partial charge on any atom is -0.493 e. The number of methoxy groups -OCH3 is 2. The van der Waals surface area contributed by atoms with Gasteiger partial charge in [-0.05, 0) is 12.1 Å². The number of ether oxygens (including phenoxy) is 2. The molecule has 23 heavy (non-hydrogen) atoms. The minimum atomic E-state index is -3.69. The van der Waals surface area contributed by atoms with Crippen LogP contribution in [0.15, 0.2) is 29.3 Å². The molecule has 122 valence electrons. The van der Waals surface area contributed by atoms with E-state index in [0.29, 0.717) is 17.2 Å². The summed E-state index contributed by atoms with van der Waals surface area (Å²) in [6, 6.07) is 4.49. The predicted molar refractivity (Wildman–Crippen MR) is 82.4 cm³/mol. The van der Waals surface area contributed by atoms with Crippen LogP contribution in [0, 0.1) is 0 Å². The van der Waals surface area contributed by atoms with E-state index < -0.39 is 10.0 Å². The van der Waals surface area contributed by atoms with Crippen molar-refractivity contribution in [1.82, 2.24) is 14.3 Å². The normalized spacial score (nSPS) is 14.5. The molecule has 0 atom stereocenters. The maximum absolute atomic E-state index is 12.8. The van der Waals surface area contributed by atoms with Gasteiger partial charge >= 0.3 is 0 Å². The summed E-state index contributed by atoms with van der Waals surface area (Å²) in [7, 11) is -0.739. The number of hydrogen-bond donors (Lipinski definition) is 1. The van der Waals surface area contributed by atoms with Crippen molar-refractivity contribution in [3.8, 4) is 11.5 Å². The van der Waals surface area contributed by atoms with Crippen molar-refractivity contribution >= 4 is 16.0 Å². The van der Waals surface area contributed by atoms with Gasteiger partial charge < -0.3 is 15.2 Å². The molecule has 1 aliphatic heterocycles. The summed E-state index contributed by atoms with van der Waals surface area (Å²) in [6.07, 6.45) is 1.56. The Morgan fingerprint density at radius 3 is 2.61 bits per heavy atom. The summed E-state index contributed by atoms with van der Waals surface area (Å²) in [5, 5.41) is 0. The zero-order valence-corrected chi connectivity index (χ0v) is 13.5. The molecule has 0 spiro atoms. The molecular weight excluding hydrogens is 320 g/mol. The Hall–Kier alpha value is -2.39. The molecule has 2 N–H and O–H groups in total. The quantitative estimate of drug-likeness (QED) is 0.879. The van der Waals surface area contributed by atoms with E-state index in [1.54, 1.807) is 12.3 Å². The Morgan fingerprint density at radius 1 is 1.17 bits per heavy atom. The van der Waals surface area contributed by atoms with Gasteiger partial charge in [-0.1, -0.05) is 0 Å². The molecule has 1 aliphatic rings. The molecule has 3 rings (SSSR count). The second-order valence-corrected chi connectivity index (χ2v) is 6.93. The Balaban J connectivity index is 1.94. The van der Waals surface area contributed by atoms with Crippen LogP contribution in [0.4, 0.5) is 5.95 Å². The Labute approximate surface area is 133 Å². The van der Waals surface area contributed by atoms with Crippen LogP contribution in [-0.4, -0.2) is 36.9 Å². The summed E-state index contributed by atoms with van der Waals surface area (Å²) < 4.78 is 37.2. The number of nitrogens with zero attached hydrogens (tertiary/aromatic N) is 3. The van der Waals surface area contributed by atoms with Crippen LogP contribution in [0.1, 0.15) is 11.3 Å². The smallest absolute Gasteiger partial charge is 0.243 e. The monoisotopic (exact) mass is 336 g/mol. The van der Waals surface area contributed by atoms with Crippen LogP contribution in [0.3, 0.4) is 0 Å². The maximum atomic E-state index is 12.8. The van der Waals surface area contributed by atoms with E-state index in [2.05, 4.69) is 9.97 Å². The summed E-state index contributed by atoms with van der Waals surface area (Å²) in [5.74, 6) is 0.957. The first-order chi connectivity index (χ1) is 11.0. The van der Waals surface area contributed by atoms with Crippen LogP contribution in [0.25, 0.3) is 0 Å². The lowest BCUT2D eigenvalue weighted by Gasteiger charge is -2.16. The van der Waals surface area contributed by atoms with Crippen LogP contribution in [-0.2, 0) is 23.1 Å². The molecule has 0 amide bonds. The lowest BCUT2D eigenvalue weighted by Crippen LogP contribution is -2.25. The number of aromatic nitrogens is 2. The Kier molecular flexibility index (Phi) is 3.82. The van der Waals surface area contributed by atoms with Gasteiger partial charge in [0.05, 0.1) is 31.4 Å². The molecule has 0 saturated heterocycles. The van der Waals surface area contributed by atoms with E-state index in [9.17, 15) is 8.42 Å². The lowest BCUT2D eigenvalue weighted by molar-refractivity contribution is 0.353. The van der Waals surface area contributed by atoms with Crippen LogP contribution in [0.2, 0.25) is 0 Å². The highest BCUT2D eigenvalue weighted by Gasteiger charge is 2.32. The molecule has 0 bridgehead atoms. The zero-order chi connectivity index (χ0) is 16.6. The minimum absolute atomic E-state index is 0.129. The molecule has 0 radical (unpaired) electrons. The van der Waals surface area contributed by atoms with Crippen LogP contribution < -0.4 is 15.2 Å². The highest BCUT2D eigenvalue weighted by Crippen LogP contribution is 2.33. The third kappa shape index (κ3) is 2.68. The van der Waals surface area contributed by atoms with Crippen molar-refractivity contribution in [2.45, 2.75) is 18.0 Å². The van der Waals surface area contributed by atoms with Gasteiger partial charge in [0.25, 0.3) is 0 Å². The van der Waals surface area contributed by atoms with Crippen molar-refractivity contribution in [2.75, 3.05) is 20.0 Å². The zero-order valence-electron chi connectivity index (χ0n) is 12.7. The molecule has 0 unspecified atom stereocenters. The van der Waals surface area contributed by atoms with Crippen LogP contribution in [0.5, 0.6) is 11.5 Å². The Bertz CT molecular complexity index is 854. The molecule has 0 fully saturated rings. The number of nitrogens with two attached hydrogens (primary N) is 1. The maximum Gasteiger partial charge on any atom is 0.243 e. The first-order valence-corrected chi connectivity index (χ1v) is 8.22. The highest BCUT2D eigenvalue weighted by atomic mass is 32.2. The second-order valence-electron chi connectivity index (χ2n) is 4.99. The van der Waals surface area contributed by atoms with E-state index in [1.165, 1.54) is 30.7 Å². The molecule has 2 heterocycles. The van der Waals surface area contributed by atoms with Gasteiger partial charge in [0.1, 0.15) is 0 Å². The first kappa shape index (κ1) is 15.5. The SMILES string of the molecule is COc1ccc(S(=O)(=O)N2Cc3cnc(N)nc3C2)cc1OC. The van der Waals surface area contributed by atoms with E-state index >= 15 is 0 Å². The standard InChI is InChI=1S/C14H16N4O4S/c1-21-12-4-3-10(5-13(12)22-2)23(19,20)18-7-9-6-16-14(15)17-11(9)8-18/h3-6H,7-8H2,1-2H3,(H2,15,16,17). The predicted octanol–water partition coefficient (Wildman–Crippen LogP) is 0.780. The van der Waals surface area contributed by atoms with Crippen molar-refractivity contribution in [3.63, 3.8) is 0 Å². The highest BCUT2D eigenvalue weighted by molar-refractivity contribution is 7.89. The van der Waals surface area contributed by atoms with Gasteiger partial charge in [0, 0.05) is 24.4 Å². The van der Waals surface area contributed by atoms with E-state index in [1.807, 2.05) is 0 Å². The van der Waals surface area contributed by atoms with Gasteiger partial charge in [-0.25, -0.2) is 18.4 Å². The van der Waals surface area contributed by atoms with Crippen molar-refractivity contribution < 1.29 is 17.9 Å². The average molecular weight is 336 g/mol. The first-order valence-electron chi connectivity index (χ1n) is 6.78. The molecule has 8 nitrogen and oxygen atoms in total. The molecule has 2 aromatic rings. The van der Waals surface area contributed by atoms with Gasteiger partial charge in [-0.15, -0.1) is 0 Å². The molecule has 9 heteroatoms. The molecule has 1 aromatic heterocycles. The van der Waals surface area contributed by atoms with Crippen LogP contribution >= 0.6 is 0 Å². The third-order valence-corrected chi connectivity index (χ3v) is 5.43. The number of anilines is 1. The van der Waals surface area contributed by atoms with Gasteiger partial charge in [-0.3, -0.25) is 0 Å². The van der Waals surface area contributed by atoms with Crippen molar-refractivity contribution in [3.05, 3.63) is 35.7 Å². The lowest BCUT2D eigenvalue weighted by atomic mass is 10.3. The van der Waals surface area contributed by atoms with E-state index in [4.69, 9.17) is 15.2 Å².